The fraction of sp³-hybridized carbons (Fsp3) is 0.929. The second-order valence-corrected chi connectivity index (χ2v) is 5.91. The molecule has 3 unspecified atom stereocenters. The number of carbonyl (C=O) groups excluding carboxylic acids is 1. The Hall–Kier alpha value is -0.650. The van der Waals surface area contributed by atoms with Crippen LogP contribution in [0.2, 0.25) is 0 Å². The van der Waals surface area contributed by atoms with Gasteiger partial charge < -0.3 is 20.7 Å². The van der Waals surface area contributed by atoms with Gasteiger partial charge in [0.15, 0.2) is 0 Å². The molecule has 0 aromatic rings. The van der Waals surface area contributed by atoms with Crippen molar-refractivity contribution in [3.8, 4) is 0 Å². The van der Waals surface area contributed by atoms with Crippen LogP contribution in [0.3, 0.4) is 0 Å². The van der Waals surface area contributed by atoms with Crippen LogP contribution < -0.4 is 11.1 Å². The molecule has 1 amide bonds. The van der Waals surface area contributed by atoms with E-state index < -0.39 is 0 Å². The van der Waals surface area contributed by atoms with Gasteiger partial charge in [0, 0.05) is 26.2 Å². The molecule has 0 aromatic heterocycles. The van der Waals surface area contributed by atoms with Crippen molar-refractivity contribution in [2.75, 3.05) is 26.7 Å². The molecule has 1 fully saturated rings. The van der Waals surface area contributed by atoms with Crippen LogP contribution in [-0.2, 0) is 9.53 Å². The van der Waals surface area contributed by atoms with E-state index in [1.165, 1.54) is 0 Å². The molecule has 0 radical (unpaired) electrons. The third-order valence-corrected chi connectivity index (χ3v) is 3.89. The molecular formula is C14H29N3O2. The molecule has 1 saturated heterocycles. The molecular weight excluding hydrogens is 242 g/mol. The van der Waals surface area contributed by atoms with Gasteiger partial charge in [-0.3, -0.25) is 4.79 Å². The van der Waals surface area contributed by atoms with Crippen LogP contribution in [0, 0.1) is 5.92 Å². The molecule has 19 heavy (non-hydrogen) atoms. The lowest BCUT2D eigenvalue weighted by Crippen LogP contribution is -2.49. The minimum absolute atomic E-state index is 0.236. The zero-order valence-corrected chi connectivity index (χ0v) is 12.7. The Morgan fingerprint density at radius 1 is 1.53 bits per heavy atom. The van der Waals surface area contributed by atoms with Crippen molar-refractivity contribution in [2.24, 2.45) is 11.7 Å². The first-order valence-corrected chi connectivity index (χ1v) is 7.24. The number of primary amides is 1. The molecule has 1 heterocycles. The molecule has 112 valence electrons. The van der Waals surface area contributed by atoms with Crippen LogP contribution >= 0.6 is 0 Å². The molecule has 0 saturated carbocycles. The van der Waals surface area contributed by atoms with Crippen molar-refractivity contribution >= 4 is 5.91 Å². The van der Waals surface area contributed by atoms with E-state index in [1.54, 1.807) is 7.11 Å². The van der Waals surface area contributed by atoms with Crippen LogP contribution in [0.1, 0.15) is 33.6 Å². The second kappa shape index (κ2) is 7.82. The number of nitrogens with zero attached hydrogens (tertiary/aromatic N) is 1. The van der Waals surface area contributed by atoms with Gasteiger partial charge in [-0.25, -0.2) is 0 Å². The smallest absolute Gasteiger partial charge is 0.234 e. The summed E-state index contributed by atoms with van der Waals surface area (Å²) in [4.78, 5) is 13.8. The van der Waals surface area contributed by atoms with E-state index in [2.05, 4.69) is 17.1 Å². The quantitative estimate of drug-likeness (QED) is 0.711. The first kappa shape index (κ1) is 16.4. The van der Waals surface area contributed by atoms with Gasteiger partial charge in [0.25, 0.3) is 0 Å². The summed E-state index contributed by atoms with van der Waals surface area (Å²) >= 11 is 0. The Bertz CT molecular complexity index is 284. The van der Waals surface area contributed by atoms with E-state index in [0.29, 0.717) is 12.0 Å². The summed E-state index contributed by atoms with van der Waals surface area (Å²) in [7, 11) is 1.77. The Morgan fingerprint density at radius 3 is 2.74 bits per heavy atom. The number of ether oxygens (including phenoxy) is 1. The van der Waals surface area contributed by atoms with Gasteiger partial charge in [0.2, 0.25) is 5.91 Å². The Morgan fingerprint density at radius 2 is 2.21 bits per heavy atom. The largest absolute Gasteiger partial charge is 0.380 e. The lowest BCUT2D eigenvalue weighted by atomic mass is 9.95. The monoisotopic (exact) mass is 271 g/mol. The lowest BCUT2D eigenvalue weighted by molar-refractivity contribution is -0.120. The van der Waals surface area contributed by atoms with E-state index in [1.807, 2.05) is 13.8 Å². The highest BCUT2D eigenvalue weighted by Crippen LogP contribution is 2.19. The molecule has 5 heteroatoms. The fourth-order valence-electron chi connectivity index (χ4n) is 2.63. The summed E-state index contributed by atoms with van der Waals surface area (Å²) < 4.78 is 5.50. The van der Waals surface area contributed by atoms with Gasteiger partial charge in [-0.15, -0.1) is 0 Å². The fourth-order valence-corrected chi connectivity index (χ4v) is 2.63. The van der Waals surface area contributed by atoms with Gasteiger partial charge in [0.1, 0.15) is 0 Å². The van der Waals surface area contributed by atoms with Crippen LogP contribution in [0.5, 0.6) is 0 Å². The van der Waals surface area contributed by atoms with E-state index in [-0.39, 0.29) is 18.0 Å². The van der Waals surface area contributed by atoms with Crippen LogP contribution in [0.25, 0.3) is 0 Å². The van der Waals surface area contributed by atoms with Gasteiger partial charge in [-0.2, -0.15) is 0 Å². The minimum Gasteiger partial charge on any atom is -0.380 e. The molecule has 3 atom stereocenters. The van der Waals surface area contributed by atoms with Crippen LogP contribution in [0.4, 0.5) is 0 Å². The molecule has 0 bridgehead atoms. The predicted octanol–water partition coefficient (Wildman–Crippen LogP) is 0.585. The minimum atomic E-state index is -0.262. The maximum Gasteiger partial charge on any atom is 0.234 e. The lowest BCUT2D eigenvalue weighted by Gasteiger charge is -2.36. The molecule has 1 aliphatic rings. The number of piperidine rings is 1. The number of nitrogens with two attached hydrogens (primary N) is 1. The molecule has 0 aliphatic carbocycles. The molecule has 1 rings (SSSR count). The topological polar surface area (TPSA) is 67.6 Å². The summed E-state index contributed by atoms with van der Waals surface area (Å²) in [6.45, 7) is 9.20. The Kier molecular flexibility index (Phi) is 6.75. The van der Waals surface area contributed by atoms with Gasteiger partial charge >= 0.3 is 0 Å². The van der Waals surface area contributed by atoms with Crippen molar-refractivity contribution in [3.05, 3.63) is 0 Å². The number of hydrogen-bond acceptors (Lipinski definition) is 4. The highest BCUT2D eigenvalue weighted by molar-refractivity contribution is 5.79. The summed E-state index contributed by atoms with van der Waals surface area (Å²) in [6, 6.07) is 0.0333. The standard InChI is InChI=1S/C14H29N3O2/c1-10(2)16-12(14(15)18)6-8-17-7-5-11(3)13(9-17)19-4/h10-13,16H,5-9H2,1-4H3,(H2,15,18). The van der Waals surface area contributed by atoms with E-state index in [9.17, 15) is 4.79 Å². The zero-order chi connectivity index (χ0) is 14.4. The van der Waals surface area contributed by atoms with Gasteiger partial charge in [-0.05, 0) is 25.3 Å². The average molecular weight is 271 g/mol. The molecule has 0 spiro atoms. The second-order valence-electron chi connectivity index (χ2n) is 5.91. The zero-order valence-electron chi connectivity index (χ0n) is 12.7. The predicted molar refractivity (Wildman–Crippen MR) is 76.9 cm³/mol. The summed E-state index contributed by atoms with van der Waals surface area (Å²) in [5, 5.41) is 3.22. The van der Waals surface area contributed by atoms with Gasteiger partial charge in [-0.1, -0.05) is 20.8 Å². The Balaban J connectivity index is 2.39. The maximum atomic E-state index is 11.4. The SMILES string of the molecule is COC1CN(CCC(NC(C)C)C(N)=O)CCC1C. The van der Waals surface area contributed by atoms with E-state index in [0.717, 1.165) is 32.5 Å². The van der Waals surface area contributed by atoms with Crippen molar-refractivity contribution in [1.29, 1.82) is 0 Å². The third-order valence-electron chi connectivity index (χ3n) is 3.89. The number of carbonyl (C=O) groups is 1. The van der Waals surface area contributed by atoms with Crippen molar-refractivity contribution < 1.29 is 9.53 Å². The first-order valence-electron chi connectivity index (χ1n) is 7.24. The molecule has 0 aromatic carbocycles. The van der Waals surface area contributed by atoms with Crippen molar-refractivity contribution in [3.63, 3.8) is 0 Å². The van der Waals surface area contributed by atoms with Crippen molar-refractivity contribution in [2.45, 2.75) is 51.8 Å². The highest BCUT2D eigenvalue weighted by atomic mass is 16.5. The maximum absolute atomic E-state index is 11.4. The summed E-state index contributed by atoms with van der Waals surface area (Å²) in [5.41, 5.74) is 5.43. The van der Waals surface area contributed by atoms with Crippen LogP contribution in [0.15, 0.2) is 0 Å². The highest BCUT2D eigenvalue weighted by Gasteiger charge is 2.26. The normalized spacial score (nSPS) is 26.6. The van der Waals surface area contributed by atoms with Crippen LogP contribution in [-0.4, -0.2) is 55.7 Å². The van der Waals surface area contributed by atoms with E-state index in [4.69, 9.17) is 10.5 Å². The summed E-state index contributed by atoms with van der Waals surface area (Å²) in [6.07, 6.45) is 2.22. The summed E-state index contributed by atoms with van der Waals surface area (Å²) in [5.74, 6) is 0.351. The number of amides is 1. The molecule has 1 aliphatic heterocycles. The van der Waals surface area contributed by atoms with Gasteiger partial charge in [0.05, 0.1) is 12.1 Å². The Labute approximate surface area is 116 Å². The third kappa shape index (κ3) is 5.47. The molecule has 5 nitrogen and oxygen atoms in total. The number of likely N-dealkylation sites (tertiary alicyclic amines) is 1. The number of hydrogen-bond donors (Lipinski definition) is 2. The van der Waals surface area contributed by atoms with E-state index >= 15 is 0 Å². The molecule has 3 N–H and O–H groups in total. The van der Waals surface area contributed by atoms with Crippen molar-refractivity contribution in [1.82, 2.24) is 10.2 Å². The number of nitrogens with one attached hydrogen (secondary N) is 1. The first-order chi connectivity index (χ1) is 8.93. The number of methoxy groups -OCH3 is 1. The number of rotatable bonds is 7. The average Bonchev–Trinajstić information content (AvgIpc) is 2.35.